The van der Waals surface area contributed by atoms with Crippen molar-refractivity contribution in [2.75, 3.05) is 26.4 Å². The molecule has 6 nitrogen and oxygen atoms in total. The summed E-state index contributed by atoms with van der Waals surface area (Å²) in [6.07, 6.45) is 3.49. The molecule has 370 valence electrons. The third-order valence-electron chi connectivity index (χ3n) is 12.2. The topological polar surface area (TPSA) is 77.4 Å². The molecule has 0 atom stereocenters. The predicted octanol–water partition coefficient (Wildman–Crippen LogP) is 19.3. The molecule has 6 aromatic heterocycles. The lowest BCUT2D eigenvalue weighted by atomic mass is 10.2. The van der Waals surface area contributed by atoms with Crippen LogP contribution in [0.15, 0.2) is 194 Å². The first-order valence-electron chi connectivity index (χ1n) is 24.4. The zero-order valence-corrected chi connectivity index (χ0v) is 45.0. The second kappa shape index (κ2) is 23.5. The van der Waals surface area contributed by atoms with Gasteiger partial charge in [0.2, 0.25) is 0 Å². The number of phenolic OH excluding ortho intramolecular Hbond substituents is 2. The van der Waals surface area contributed by atoms with Crippen LogP contribution >= 0.6 is 68.0 Å². The molecule has 11 rings (SSSR count). The van der Waals surface area contributed by atoms with Gasteiger partial charge >= 0.3 is 0 Å². The SMILES string of the molecule is Oc1ccc(-c2ccc(-c3ccc(-c4ccc(-c5ccc(OCCCCOc6ccccc6OCCCCOc6ccc(-c7ccc(-c8ccc(-c9ccc(-c%10ccc(O)cc%10)s9)s8)s7)cc6)cc5)s4)s3)s2)cc1. The molecule has 11 aromatic rings. The summed E-state index contributed by atoms with van der Waals surface area (Å²) in [6.45, 7) is 2.40. The zero-order valence-electron chi connectivity index (χ0n) is 40.1. The van der Waals surface area contributed by atoms with Crippen molar-refractivity contribution in [3.63, 3.8) is 0 Å². The van der Waals surface area contributed by atoms with Gasteiger partial charge in [-0.2, -0.15) is 0 Å². The number of hydrogen-bond donors (Lipinski definition) is 2. The molecule has 74 heavy (non-hydrogen) atoms. The van der Waals surface area contributed by atoms with Gasteiger partial charge in [0.25, 0.3) is 0 Å². The molecule has 0 spiro atoms. The maximum atomic E-state index is 9.66. The van der Waals surface area contributed by atoms with Gasteiger partial charge in [0.15, 0.2) is 11.5 Å². The van der Waals surface area contributed by atoms with E-state index < -0.39 is 0 Å². The maximum Gasteiger partial charge on any atom is 0.161 e. The number of benzene rings is 5. The Morgan fingerprint density at radius 1 is 0.243 bits per heavy atom. The van der Waals surface area contributed by atoms with Crippen LogP contribution in [0.1, 0.15) is 25.7 Å². The fraction of sp³-hybridized carbons (Fsp3) is 0.129. The van der Waals surface area contributed by atoms with Gasteiger partial charge in [-0.1, -0.05) is 12.1 Å². The molecule has 12 heteroatoms. The van der Waals surface area contributed by atoms with Crippen LogP contribution in [0.25, 0.3) is 80.8 Å². The Kier molecular flexibility index (Phi) is 15.7. The molecule has 0 bridgehead atoms. The molecule has 0 aliphatic carbocycles. The zero-order chi connectivity index (χ0) is 50.1. The number of hydrogen-bond acceptors (Lipinski definition) is 12. The van der Waals surface area contributed by atoms with Crippen LogP contribution in [-0.4, -0.2) is 36.6 Å². The van der Waals surface area contributed by atoms with E-state index in [1.165, 1.54) is 69.7 Å². The van der Waals surface area contributed by atoms with Gasteiger partial charge in [-0.05, 0) is 230 Å². The molecule has 2 N–H and O–H groups in total. The van der Waals surface area contributed by atoms with Crippen molar-refractivity contribution in [2.45, 2.75) is 25.7 Å². The summed E-state index contributed by atoms with van der Waals surface area (Å²) in [5.41, 5.74) is 4.59. The molecule has 0 radical (unpaired) electrons. The Labute approximate surface area is 455 Å². The highest BCUT2D eigenvalue weighted by Gasteiger charge is 2.14. The summed E-state index contributed by atoms with van der Waals surface area (Å²) in [4.78, 5) is 14.9. The Hall–Kier alpha value is -6.90. The lowest BCUT2D eigenvalue weighted by Gasteiger charge is -2.13. The third kappa shape index (κ3) is 12.2. The second-order valence-corrected chi connectivity index (χ2v) is 23.9. The van der Waals surface area contributed by atoms with Gasteiger partial charge in [-0.3, -0.25) is 0 Å². The first-order valence-corrected chi connectivity index (χ1v) is 29.3. The van der Waals surface area contributed by atoms with E-state index >= 15 is 0 Å². The number of ether oxygens (including phenoxy) is 4. The second-order valence-electron chi connectivity index (χ2n) is 17.4. The monoisotopic (exact) mass is 1080 g/mol. The van der Waals surface area contributed by atoms with E-state index in [0.717, 1.165) is 59.8 Å². The van der Waals surface area contributed by atoms with Gasteiger partial charge in [0.05, 0.1) is 26.4 Å². The minimum absolute atomic E-state index is 0.283. The standard InChI is InChI=1S/C62H50O6S6/c63-45-17-9-41(10-18-45)51-25-29-55(69-51)59-33-35-61(73-59)57-31-27-53(71-57)43-13-21-47(22-14-43)65-37-3-5-39-67-49-7-1-2-8-50(49)68-40-6-4-38-66-48-23-15-44(16-24-48)54-28-32-58(72-54)62-36-34-60(74-62)56-30-26-52(70-56)42-11-19-46(64)20-12-42/h1-2,7-36,63-64H,3-6,37-40H2. The maximum absolute atomic E-state index is 9.66. The fourth-order valence-corrected chi connectivity index (χ4v) is 14.7. The fourth-order valence-electron chi connectivity index (χ4n) is 8.23. The highest BCUT2D eigenvalue weighted by molar-refractivity contribution is 7.28. The van der Waals surface area contributed by atoms with Crippen molar-refractivity contribution in [3.8, 4) is 115 Å². The van der Waals surface area contributed by atoms with Crippen LogP contribution < -0.4 is 18.9 Å². The average molecular weight is 1080 g/mol. The van der Waals surface area contributed by atoms with Gasteiger partial charge in [0.1, 0.15) is 23.0 Å². The summed E-state index contributed by atoms with van der Waals surface area (Å²) in [6, 6.07) is 65.8. The first kappa shape index (κ1) is 49.3. The van der Waals surface area contributed by atoms with Crippen LogP contribution in [0.5, 0.6) is 34.5 Å². The lowest BCUT2D eigenvalue weighted by molar-refractivity contribution is 0.239. The molecule has 0 amide bonds. The number of phenols is 2. The van der Waals surface area contributed by atoms with Crippen molar-refractivity contribution < 1.29 is 29.2 Å². The quantitative estimate of drug-likeness (QED) is 0.0659. The molecule has 0 saturated carbocycles. The predicted molar refractivity (Wildman–Crippen MR) is 314 cm³/mol. The minimum atomic E-state index is 0.283. The van der Waals surface area contributed by atoms with E-state index in [0.29, 0.717) is 26.4 Å². The van der Waals surface area contributed by atoms with E-state index in [-0.39, 0.29) is 11.5 Å². The van der Waals surface area contributed by atoms with Gasteiger partial charge in [-0.25, -0.2) is 0 Å². The number of thiophene rings is 6. The van der Waals surface area contributed by atoms with Crippen LogP contribution in [-0.2, 0) is 0 Å². The first-order chi connectivity index (χ1) is 36.4. The summed E-state index contributed by atoms with van der Waals surface area (Å²) < 4.78 is 24.5. The van der Waals surface area contributed by atoms with Gasteiger partial charge in [0, 0.05) is 58.5 Å². The average Bonchev–Trinajstić information content (AvgIpc) is 4.30. The Balaban J connectivity index is 0.567. The van der Waals surface area contributed by atoms with E-state index in [1.807, 2.05) is 93.9 Å². The molecule has 5 aromatic carbocycles. The number of para-hydroxylation sites is 2. The van der Waals surface area contributed by atoms with Crippen LogP contribution in [0.3, 0.4) is 0 Å². The summed E-state index contributed by atoms with van der Waals surface area (Å²) in [5, 5.41) is 19.3. The molecule has 0 unspecified atom stereocenters. The van der Waals surface area contributed by atoms with Gasteiger partial charge < -0.3 is 29.2 Å². The highest BCUT2D eigenvalue weighted by atomic mass is 32.1. The molecule has 0 aliphatic heterocycles. The van der Waals surface area contributed by atoms with E-state index in [4.69, 9.17) is 18.9 Å². The van der Waals surface area contributed by atoms with Crippen molar-refractivity contribution in [1.82, 2.24) is 0 Å². The van der Waals surface area contributed by atoms with Crippen LogP contribution in [0.4, 0.5) is 0 Å². The van der Waals surface area contributed by atoms with Crippen molar-refractivity contribution >= 4 is 68.0 Å². The van der Waals surface area contributed by atoms with Gasteiger partial charge in [-0.15, -0.1) is 68.0 Å². The Bertz CT molecular complexity index is 3300. The van der Waals surface area contributed by atoms with Crippen molar-refractivity contribution in [2.24, 2.45) is 0 Å². The van der Waals surface area contributed by atoms with Crippen LogP contribution in [0.2, 0.25) is 0 Å². The molecule has 0 saturated heterocycles. The van der Waals surface area contributed by atoms with Crippen molar-refractivity contribution in [3.05, 3.63) is 194 Å². The summed E-state index contributed by atoms with van der Waals surface area (Å²) in [7, 11) is 0. The largest absolute Gasteiger partial charge is 0.508 e. The molecule has 6 heterocycles. The highest BCUT2D eigenvalue weighted by Crippen LogP contribution is 2.45. The number of unbranched alkanes of at least 4 members (excludes halogenated alkanes) is 2. The molecule has 0 aliphatic rings. The summed E-state index contributed by atoms with van der Waals surface area (Å²) in [5.74, 6) is 3.82. The molecular weight excluding hydrogens is 1030 g/mol. The van der Waals surface area contributed by atoms with Crippen LogP contribution in [0, 0.1) is 0 Å². The van der Waals surface area contributed by atoms with E-state index in [1.54, 1.807) is 46.9 Å². The number of rotatable bonds is 22. The third-order valence-corrected chi connectivity index (χ3v) is 19.7. The minimum Gasteiger partial charge on any atom is -0.508 e. The molecular formula is C62H50O6S6. The normalized spacial score (nSPS) is 11.2. The summed E-state index contributed by atoms with van der Waals surface area (Å²) >= 11 is 10.8. The van der Waals surface area contributed by atoms with E-state index in [2.05, 4.69) is 121 Å². The van der Waals surface area contributed by atoms with Crippen molar-refractivity contribution in [1.29, 1.82) is 0 Å². The lowest BCUT2D eigenvalue weighted by Crippen LogP contribution is -2.05. The Morgan fingerprint density at radius 3 is 0.757 bits per heavy atom. The smallest absolute Gasteiger partial charge is 0.161 e. The van der Waals surface area contributed by atoms with E-state index in [9.17, 15) is 10.2 Å². The molecule has 0 fully saturated rings. The number of aromatic hydroxyl groups is 2. The Morgan fingerprint density at radius 2 is 0.473 bits per heavy atom.